The molecule has 1 N–H and O–H groups in total. The summed E-state index contributed by atoms with van der Waals surface area (Å²) >= 11 is 8.48. The van der Waals surface area contributed by atoms with E-state index in [1.807, 2.05) is 0 Å². The molecule has 0 saturated heterocycles. The number of nitrogens with one attached hydrogen (secondary N) is 1. The highest BCUT2D eigenvalue weighted by Gasteiger charge is 2.26. The van der Waals surface area contributed by atoms with Gasteiger partial charge in [0.15, 0.2) is 0 Å². The second-order valence-electron chi connectivity index (χ2n) is 3.37. The Balaban J connectivity index is 2.25. The molecule has 6 heteroatoms. The highest BCUT2D eigenvalue weighted by Crippen LogP contribution is 2.35. The number of fused-ring (bicyclic) bond motifs is 1. The van der Waals surface area contributed by atoms with Gasteiger partial charge >= 0.3 is 0 Å². The Morgan fingerprint density at radius 1 is 1.69 bits per heavy atom. The van der Waals surface area contributed by atoms with E-state index in [0.717, 1.165) is 5.56 Å². The maximum Gasteiger partial charge on any atom is 0.235 e. The standard InChI is InChI=1S/C10H8BrClFNO2/c11-6-1-5-8(14-10(15)3-12)4-16-9(5)2-7(6)13/h1-2,8H,3-4H2,(H,14,15). The van der Waals surface area contributed by atoms with E-state index in [4.69, 9.17) is 16.3 Å². The van der Waals surface area contributed by atoms with Gasteiger partial charge in [-0.2, -0.15) is 0 Å². The molecule has 2 rings (SSSR count). The van der Waals surface area contributed by atoms with Crippen LogP contribution in [0.4, 0.5) is 4.39 Å². The van der Waals surface area contributed by atoms with Gasteiger partial charge in [-0.1, -0.05) is 0 Å². The molecular weight excluding hydrogens is 300 g/mol. The molecule has 0 radical (unpaired) electrons. The lowest BCUT2D eigenvalue weighted by atomic mass is 10.1. The van der Waals surface area contributed by atoms with E-state index in [0.29, 0.717) is 16.8 Å². The predicted octanol–water partition coefficient (Wildman–Crippen LogP) is 2.38. The minimum atomic E-state index is -0.386. The van der Waals surface area contributed by atoms with E-state index in [-0.39, 0.29) is 23.6 Å². The van der Waals surface area contributed by atoms with Gasteiger partial charge in [0.2, 0.25) is 5.91 Å². The number of hydrogen-bond acceptors (Lipinski definition) is 2. The van der Waals surface area contributed by atoms with Gasteiger partial charge in [-0.3, -0.25) is 4.79 Å². The molecule has 1 atom stereocenters. The molecular formula is C10H8BrClFNO2. The molecule has 0 fully saturated rings. The lowest BCUT2D eigenvalue weighted by Gasteiger charge is -2.10. The van der Waals surface area contributed by atoms with Crippen LogP contribution in [-0.4, -0.2) is 18.4 Å². The van der Waals surface area contributed by atoms with E-state index >= 15 is 0 Å². The number of ether oxygens (including phenoxy) is 1. The molecule has 1 aromatic carbocycles. The molecule has 0 aliphatic carbocycles. The van der Waals surface area contributed by atoms with Crippen LogP contribution in [0.15, 0.2) is 16.6 Å². The van der Waals surface area contributed by atoms with Gasteiger partial charge < -0.3 is 10.1 Å². The average molecular weight is 309 g/mol. The molecule has 1 aliphatic rings. The molecule has 1 heterocycles. The van der Waals surface area contributed by atoms with Crippen molar-refractivity contribution in [2.24, 2.45) is 0 Å². The van der Waals surface area contributed by atoms with Crippen LogP contribution in [0.3, 0.4) is 0 Å². The Morgan fingerprint density at radius 3 is 3.12 bits per heavy atom. The van der Waals surface area contributed by atoms with Crippen molar-refractivity contribution in [3.05, 3.63) is 28.0 Å². The third-order valence-electron chi connectivity index (χ3n) is 2.29. The lowest BCUT2D eigenvalue weighted by molar-refractivity contribution is -0.119. The van der Waals surface area contributed by atoms with Gasteiger partial charge in [-0.25, -0.2) is 4.39 Å². The third kappa shape index (κ3) is 2.15. The van der Waals surface area contributed by atoms with Gasteiger partial charge in [0, 0.05) is 11.6 Å². The molecule has 16 heavy (non-hydrogen) atoms. The SMILES string of the molecule is O=C(CCl)NC1COc2cc(F)c(Br)cc21. The summed E-state index contributed by atoms with van der Waals surface area (Å²) in [6.45, 7) is 0.299. The molecule has 1 unspecified atom stereocenters. The van der Waals surface area contributed by atoms with Crippen LogP contribution in [0.2, 0.25) is 0 Å². The lowest BCUT2D eigenvalue weighted by Crippen LogP contribution is -2.30. The summed E-state index contributed by atoms with van der Waals surface area (Å²) in [5.41, 5.74) is 0.756. The minimum absolute atomic E-state index is 0.103. The van der Waals surface area contributed by atoms with Crippen LogP contribution in [0.5, 0.6) is 5.75 Å². The van der Waals surface area contributed by atoms with Crippen molar-refractivity contribution in [1.29, 1.82) is 0 Å². The molecule has 0 saturated carbocycles. The van der Waals surface area contributed by atoms with Crippen LogP contribution in [0.25, 0.3) is 0 Å². The van der Waals surface area contributed by atoms with Crippen molar-refractivity contribution >= 4 is 33.4 Å². The largest absolute Gasteiger partial charge is 0.491 e. The summed E-state index contributed by atoms with van der Waals surface area (Å²) in [4.78, 5) is 11.1. The first-order valence-electron chi connectivity index (χ1n) is 4.59. The van der Waals surface area contributed by atoms with Crippen LogP contribution in [-0.2, 0) is 4.79 Å². The van der Waals surface area contributed by atoms with Crippen molar-refractivity contribution in [1.82, 2.24) is 5.32 Å². The molecule has 1 aromatic rings. The minimum Gasteiger partial charge on any atom is -0.491 e. The molecule has 0 bridgehead atoms. The van der Waals surface area contributed by atoms with Gasteiger partial charge in [0.1, 0.15) is 24.1 Å². The highest BCUT2D eigenvalue weighted by molar-refractivity contribution is 9.10. The normalized spacial score (nSPS) is 17.8. The Kier molecular flexibility index (Phi) is 3.35. The van der Waals surface area contributed by atoms with E-state index in [2.05, 4.69) is 21.2 Å². The zero-order valence-corrected chi connectivity index (χ0v) is 10.4. The predicted molar refractivity (Wildman–Crippen MR) is 61.2 cm³/mol. The van der Waals surface area contributed by atoms with Crippen molar-refractivity contribution in [3.63, 3.8) is 0 Å². The van der Waals surface area contributed by atoms with Crippen molar-refractivity contribution < 1.29 is 13.9 Å². The topological polar surface area (TPSA) is 38.3 Å². The summed E-state index contributed by atoms with van der Waals surface area (Å²) < 4.78 is 18.8. The fraction of sp³-hybridized carbons (Fsp3) is 0.300. The molecule has 86 valence electrons. The van der Waals surface area contributed by atoms with Crippen LogP contribution in [0.1, 0.15) is 11.6 Å². The first-order chi connectivity index (χ1) is 7.61. The summed E-state index contributed by atoms with van der Waals surface area (Å²) in [5, 5.41) is 2.69. The van der Waals surface area contributed by atoms with E-state index in [1.54, 1.807) is 6.07 Å². The number of halogens is 3. The molecule has 3 nitrogen and oxygen atoms in total. The Hall–Kier alpha value is -0.810. The maximum atomic E-state index is 13.2. The van der Waals surface area contributed by atoms with Crippen molar-refractivity contribution in [2.75, 3.05) is 12.5 Å². The number of benzene rings is 1. The molecule has 0 aromatic heterocycles. The monoisotopic (exact) mass is 307 g/mol. The van der Waals surface area contributed by atoms with E-state index in [9.17, 15) is 9.18 Å². The number of carbonyl (C=O) groups is 1. The number of rotatable bonds is 2. The number of alkyl halides is 1. The maximum absolute atomic E-state index is 13.2. The molecule has 0 spiro atoms. The quantitative estimate of drug-likeness (QED) is 0.852. The van der Waals surface area contributed by atoms with Gasteiger partial charge in [-0.15, -0.1) is 11.6 Å². The second-order valence-corrected chi connectivity index (χ2v) is 4.49. The van der Waals surface area contributed by atoms with E-state index in [1.165, 1.54) is 6.07 Å². The van der Waals surface area contributed by atoms with Crippen LogP contribution >= 0.6 is 27.5 Å². The smallest absolute Gasteiger partial charge is 0.235 e. The summed E-state index contributed by atoms with van der Waals surface area (Å²) in [6, 6.07) is 2.64. The van der Waals surface area contributed by atoms with Gasteiger partial charge in [0.25, 0.3) is 0 Å². The Morgan fingerprint density at radius 2 is 2.44 bits per heavy atom. The Bertz CT molecular complexity index is 441. The van der Waals surface area contributed by atoms with Crippen molar-refractivity contribution in [2.45, 2.75) is 6.04 Å². The molecule has 1 aliphatic heterocycles. The Labute approximate surface area is 105 Å². The van der Waals surface area contributed by atoms with Crippen LogP contribution < -0.4 is 10.1 Å². The second kappa shape index (κ2) is 4.59. The zero-order valence-electron chi connectivity index (χ0n) is 8.10. The first-order valence-corrected chi connectivity index (χ1v) is 5.91. The van der Waals surface area contributed by atoms with Gasteiger partial charge in [-0.05, 0) is 22.0 Å². The summed E-state index contributed by atoms with van der Waals surface area (Å²) in [5.74, 6) is -0.305. The summed E-state index contributed by atoms with van der Waals surface area (Å²) in [7, 11) is 0. The third-order valence-corrected chi connectivity index (χ3v) is 3.14. The fourth-order valence-corrected chi connectivity index (χ4v) is 1.99. The molecule has 1 amide bonds. The average Bonchev–Trinajstić information content (AvgIpc) is 2.62. The summed E-state index contributed by atoms with van der Waals surface area (Å²) in [6.07, 6.45) is 0. The van der Waals surface area contributed by atoms with E-state index < -0.39 is 0 Å². The fourth-order valence-electron chi connectivity index (χ4n) is 1.56. The number of amides is 1. The zero-order chi connectivity index (χ0) is 11.7. The van der Waals surface area contributed by atoms with Crippen molar-refractivity contribution in [3.8, 4) is 5.75 Å². The number of hydrogen-bond donors (Lipinski definition) is 1. The van der Waals surface area contributed by atoms with Crippen LogP contribution in [0, 0.1) is 5.82 Å². The van der Waals surface area contributed by atoms with Gasteiger partial charge in [0.05, 0.1) is 10.5 Å². The highest BCUT2D eigenvalue weighted by atomic mass is 79.9. The number of carbonyl (C=O) groups excluding carboxylic acids is 1. The first kappa shape index (κ1) is 11.7.